The Morgan fingerprint density at radius 1 is 0.938 bits per heavy atom. The van der Waals surface area contributed by atoms with Gasteiger partial charge >= 0.3 is 0 Å². The average molecular weight is 233 g/mol. The minimum Gasteiger partial charge on any atom is -0.248 e. The van der Waals surface area contributed by atoms with E-state index >= 15 is 0 Å². The normalized spacial score (nSPS) is 10.5. The zero-order valence-electron chi connectivity index (χ0n) is 9.58. The number of benzene rings is 1. The van der Waals surface area contributed by atoms with Crippen LogP contribution >= 0.6 is 11.6 Å². The molecule has 0 aliphatic rings. The van der Waals surface area contributed by atoms with Gasteiger partial charge in [0.15, 0.2) is 5.15 Å². The van der Waals surface area contributed by atoms with Crippen LogP contribution in [0.4, 0.5) is 0 Å². The van der Waals surface area contributed by atoms with Gasteiger partial charge in [0.2, 0.25) is 0 Å². The van der Waals surface area contributed by atoms with Gasteiger partial charge in [-0.3, -0.25) is 0 Å². The Labute approximate surface area is 100 Å². The van der Waals surface area contributed by atoms with Crippen LogP contribution in [0.1, 0.15) is 17.0 Å². The van der Waals surface area contributed by atoms with Crippen LogP contribution < -0.4 is 0 Å². The lowest BCUT2D eigenvalue weighted by Crippen LogP contribution is -1.97. The molecule has 3 heteroatoms. The molecule has 1 heterocycles. The summed E-state index contributed by atoms with van der Waals surface area (Å²) in [5.41, 5.74) is 4.76. The molecule has 82 valence electrons. The maximum atomic E-state index is 6.13. The molecular weight excluding hydrogens is 220 g/mol. The van der Waals surface area contributed by atoms with E-state index < -0.39 is 0 Å². The number of rotatable bonds is 1. The third kappa shape index (κ3) is 1.93. The van der Waals surface area contributed by atoms with E-state index in [1.165, 1.54) is 0 Å². The highest BCUT2D eigenvalue weighted by Crippen LogP contribution is 2.27. The maximum absolute atomic E-state index is 6.13. The van der Waals surface area contributed by atoms with Gasteiger partial charge in [-0.05, 0) is 26.3 Å². The summed E-state index contributed by atoms with van der Waals surface area (Å²) in [4.78, 5) is 8.80. The summed E-state index contributed by atoms with van der Waals surface area (Å²) in [6.07, 6.45) is 0. The molecule has 0 aliphatic carbocycles. The van der Waals surface area contributed by atoms with Crippen molar-refractivity contribution in [2.45, 2.75) is 20.8 Å². The van der Waals surface area contributed by atoms with Gasteiger partial charge in [-0.2, -0.15) is 0 Å². The maximum Gasteiger partial charge on any atom is 0.155 e. The summed E-state index contributed by atoms with van der Waals surface area (Å²) in [5, 5.41) is 0.470. The van der Waals surface area contributed by atoms with E-state index in [2.05, 4.69) is 9.97 Å². The topological polar surface area (TPSA) is 25.8 Å². The van der Waals surface area contributed by atoms with Gasteiger partial charge in [0, 0.05) is 5.56 Å². The number of aromatic nitrogens is 2. The molecule has 2 rings (SSSR count). The van der Waals surface area contributed by atoms with Gasteiger partial charge in [-0.25, -0.2) is 9.97 Å². The van der Waals surface area contributed by atoms with E-state index in [-0.39, 0.29) is 0 Å². The largest absolute Gasteiger partial charge is 0.248 e. The second kappa shape index (κ2) is 4.22. The molecule has 0 fully saturated rings. The standard InChI is InChI=1S/C13H13ClN2/c1-8-6-4-5-7-11(8)12-13(14)16-10(3)9(2)15-12/h4-7H,1-3H3. The fraction of sp³-hybridized carbons (Fsp3) is 0.231. The highest BCUT2D eigenvalue weighted by atomic mass is 35.5. The quantitative estimate of drug-likeness (QED) is 0.749. The predicted octanol–water partition coefficient (Wildman–Crippen LogP) is 3.72. The van der Waals surface area contributed by atoms with Crippen molar-refractivity contribution in [3.05, 3.63) is 46.4 Å². The third-order valence-electron chi connectivity index (χ3n) is 2.66. The van der Waals surface area contributed by atoms with Crippen LogP contribution in [0.2, 0.25) is 5.15 Å². The zero-order valence-corrected chi connectivity index (χ0v) is 10.3. The van der Waals surface area contributed by atoms with Gasteiger partial charge < -0.3 is 0 Å². The van der Waals surface area contributed by atoms with Gasteiger partial charge in [-0.1, -0.05) is 35.9 Å². The van der Waals surface area contributed by atoms with E-state index in [1.807, 2.05) is 45.0 Å². The minimum absolute atomic E-state index is 0.470. The van der Waals surface area contributed by atoms with E-state index in [4.69, 9.17) is 11.6 Å². The molecule has 0 radical (unpaired) electrons. The van der Waals surface area contributed by atoms with Crippen LogP contribution in [0, 0.1) is 20.8 Å². The fourth-order valence-corrected chi connectivity index (χ4v) is 1.86. The Morgan fingerprint density at radius 3 is 2.25 bits per heavy atom. The number of nitrogens with zero attached hydrogens (tertiary/aromatic N) is 2. The Kier molecular flexibility index (Phi) is 2.92. The Hall–Kier alpha value is -1.41. The van der Waals surface area contributed by atoms with Crippen molar-refractivity contribution < 1.29 is 0 Å². The first-order valence-corrected chi connectivity index (χ1v) is 5.54. The van der Waals surface area contributed by atoms with E-state index in [1.54, 1.807) is 0 Å². The molecule has 2 aromatic rings. The molecule has 16 heavy (non-hydrogen) atoms. The predicted molar refractivity (Wildman–Crippen MR) is 66.7 cm³/mol. The van der Waals surface area contributed by atoms with Gasteiger partial charge in [0.05, 0.1) is 11.4 Å². The fourth-order valence-electron chi connectivity index (χ4n) is 1.59. The van der Waals surface area contributed by atoms with Crippen LogP contribution in [-0.2, 0) is 0 Å². The molecule has 0 N–H and O–H groups in total. The molecular formula is C13H13ClN2. The first kappa shape index (κ1) is 11.1. The van der Waals surface area contributed by atoms with Crippen LogP contribution in [-0.4, -0.2) is 9.97 Å². The monoisotopic (exact) mass is 232 g/mol. The highest BCUT2D eigenvalue weighted by Gasteiger charge is 2.10. The number of hydrogen-bond donors (Lipinski definition) is 0. The van der Waals surface area contributed by atoms with Crippen molar-refractivity contribution in [2.75, 3.05) is 0 Å². The van der Waals surface area contributed by atoms with Gasteiger partial charge in [0.25, 0.3) is 0 Å². The van der Waals surface area contributed by atoms with Gasteiger partial charge in [-0.15, -0.1) is 0 Å². The third-order valence-corrected chi connectivity index (χ3v) is 2.93. The van der Waals surface area contributed by atoms with Crippen LogP contribution in [0.5, 0.6) is 0 Å². The summed E-state index contributed by atoms with van der Waals surface area (Å²) in [7, 11) is 0. The molecule has 0 atom stereocenters. The number of aryl methyl sites for hydroxylation is 3. The van der Waals surface area contributed by atoms with Crippen LogP contribution in [0.15, 0.2) is 24.3 Å². The molecule has 0 saturated carbocycles. The van der Waals surface area contributed by atoms with Crippen molar-refractivity contribution in [1.82, 2.24) is 9.97 Å². The number of hydrogen-bond acceptors (Lipinski definition) is 2. The molecule has 0 aliphatic heterocycles. The van der Waals surface area contributed by atoms with Crippen molar-refractivity contribution >= 4 is 11.6 Å². The molecule has 0 bridgehead atoms. The molecule has 1 aromatic heterocycles. The summed E-state index contributed by atoms with van der Waals surface area (Å²) >= 11 is 6.13. The lowest BCUT2D eigenvalue weighted by Gasteiger charge is -2.08. The second-order valence-electron chi connectivity index (χ2n) is 3.85. The van der Waals surface area contributed by atoms with Crippen molar-refractivity contribution in [3.8, 4) is 11.3 Å². The lowest BCUT2D eigenvalue weighted by molar-refractivity contribution is 1.05. The SMILES string of the molecule is Cc1ccccc1-c1nc(C)c(C)nc1Cl. The highest BCUT2D eigenvalue weighted by molar-refractivity contribution is 6.31. The molecule has 0 saturated heterocycles. The molecule has 2 nitrogen and oxygen atoms in total. The number of halogens is 1. The lowest BCUT2D eigenvalue weighted by atomic mass is 10.1. The Balaban J connectivity index is 2.65. The summed E-state index contributed by atoms with van der Waals surface area (Å²) < 4.78 is 0. The minimum atomic E-state index is 0.470. The molecule has 0 amide bonds. The van der Waals surface area contributed by atoms with Crippen molar-refractivity contribution in [3.63, 3.8) is 0 Å². The zero-order chi connectivity index (χ0) is 11.7. The van der Waals surface area contributed by atoms with Crippen molar-refractivity contribution in [1.29, 1.82) is 0 Å². The summed E-state index contributed by atoms with van der Waals surface area (Å²) in [6, 6.07) is 8.04. The van der Waals surface area contributed by atoms with Crippen LogP contribution in [0.3, 0.4) is 0 Å². The summed E-state index contributed by atoms with van der Waals surface area (Å²) in [6.45, 7) is 5.90. The first-order valence-electron chi connectivity index (χ1n) is 5.16. The van der Waals surface area contributed by atoms with E-state index in [0.717, 1.165) is 28.2 Å². The van der Waals surface area contributed by atoms with E-state index in [0.29, 0.717) is 5.15 Å². The Morgan fingerprint density at radius 2 is 1.56 bits per heavy atom. The van der Waals surface area contributed by atoms with Crippen LogP contribution in [0.25, 0.3) is 11.3 Å². The van der Waals surface area contributed by atoms with Crippen molar-refractivity contribution in [2.24, 2.45) is 0 Å². The van der Waals surface area contributed by atoms with Gasteiger partial charge in [0.1, 0.15) is 5.69 Å². The summed E-state index contributed by atoms with van der Waals surface area (Å²) in [5.74, 6) is 0. The second-order valence-corrected chi connectivity index (χ2v) is 4.21. The Bertz CT molecular complexity index is 535. The smallest absolute Gasteiger partial charge is 0.155 e. The average Bonchev–Trinajstić information content (AvgIpc) is 2.25. The molecule has 0 spiro atoms. The molecule has 0 unspecified atom stereocenters. The molecule has 1 aromatic carbocycles. The van der Waals surface area contributed by atoms with E-state index in [9.17, 15) is 0 Å². The first-order chi connectivity index (χ1) is 7.59.